The maximum Gasteiger partial charge on any atom is 0.433 e. The van der Waals surface area contributed by atoms with Crippen LogP contribution in [0.1, 0.15) is 11.3 Å². The molecule has 8 heteroatoms. The molecule has 130 valence electrons. The summed E-state index contributed by atoms with van der Waals surface area (Å²) < 4.78 is 50.5. The van der Waals surface area contributed by atoms with E-state index in [2.05, 4.69) is 27.5 Å². The molecular formula is C17H13F4N3O. The second-order valence-electron chi connectivity index (χ2n) is 4.89. The van der Waals surface area contributed by atoms with Gasteiger partial charge >= 0.3 is 6.18 Å². The van der Waals surface area contributed by atoms with Crippen LogP contribution in [-0.4, -0.2) is 24.0 Å². The van der Waals surface area contributed by atoms with Crippen LogP contribution in [0.5, 0.6) is 0 Å². The first-order valence-corrected chi connectivity index (χ1v) is 7.13. The van der Waals surface area contributed by atoms with Gasteiger partial charge in [0, 0.05) is 17.4 Å². The third-order valence-electron chi connectivity index (χ3n) is 2.89. The van der Waals surface area contributed by atoms with Gasteiger partial charge in [-0.15, -0.1) is 0 Å². The number of nitrogens with one attached hydrogen (secondary N) is 2. The Labute approximate surface area is 141 Å². The maximum atomic E-state index is 12.9. The van der Waals surface area contributed by atoms with Gasteiger partial charge in [-0.05, 0) is 30.3 Å². The van der Waals surface area contributed by atoms with Crippen LogP contribution in [0.2, 0.25) is 0 Å². The monoisotopic (exact) mass is 351 g/mol. The molecule has 0 bridgehead atoms. The normalized spacial score (nSPS) is 10.7. The van der Waals surface area contributed by atoms with E-state index in [1.165, 1.54) is 24.3 Å². The molecule has 0 aliphatic carbocycles. The molecule has 1 heterocycles. The Morgan fingerprint density at radius 1 is 1.20 bits per heavy atom. The van der Waals surface area contributed by atoms with E-state index in [0.717, 1.165) is 12.3 Å². The standard InChI is InChI=1S/C17H13F4N3O/c18-13-5-1-3-12(9-13)4-2-7-22-11-16(25)24-14-6-8-23-15(10-14)17(19,20)21/h1,3,5-6,8-10,22H,7,11H2,(H,23,24,25). The quantitative estimate of drug-likeness (QED) is 0.506. The van der Waals surface area contributed by atoms with Gasteiger partial charge in [-0.25, -0.2) is 4.39 Å². The summed E-state index contributed by atoms with van der Waals surface area (Å²) in [5, 5.41) is 5.05. The van der Waals surface area contributed by atoms with Gasteiger partial charge in [0.15, 0.2) is 0 Å². The smallest absolute Gasteiger partial charge is 0.325 e. The molecular weight excluding hydrogens is 338 g/mol. The first-order chi connectivity index (χ1) is 11.8. The van der Waals surface area contributed by atoms with E-state index in [9.17, 15) is 22.4 Å². The first kappa shape index (κ1) is 18.4. The summed E-state index contributed by atoms with van der Waals surface area (Å²) in [5.41, 5.74) is -0.582. The summed E-state index contributed by atoms with van der Waals surface area (Å²) in [6.45, 7) is 0.0234. The van der Waals surface area contributed by atoms with Gasteiger partial charge in [-0.1, -0.05) is 17.9 Å². The summed E-state index contributed by atoms with van der Waals surface area (Å²) in [5.74, 6) is 4.51. The zero-order chi connectivity index (χ0) is 18.3. The lowest BCUT2D eigenvalue weighted by molar-refractivity contribution is -0.141. The number of nitrogens with zero attached hydrogens (tertiary/aromatic N) is 1. The van der Waals surface area contributed by atoms with Crippen molar-refractivity contribution in [1.82, 2.24) is 10.3 Å². The second-order valence-corrected chi connectivity index (χ2v) is 4.89. The molecule has 0 atom stereocenters. The van der Waals surface area contributed by atoms with Gasteiger partial charge in [-0.2, -0.15) is 13.2 Å². The highest BCUT2D eigenvalue weighted by Crippen LogP contribution is 2.28. The third kappa shape index (κ3) is 6.24. The van der Waals surface area contributed by atoms with E-state index >= 15 is 0 Å². The van der Waals surface area contributed by atoms with E-state index < -0.39 is 23.6 Å². The topological polar surface area (TPSA) is 54.0 Å². The minimum absolute atomic E-state index is 0.0000278. The molecule has 1 aromatic carbocycles. The molecule has 0 radical (unpaired) electrons. The Kier molecular flexibility index (Phi) is 6.08. The number of alkyl halides is 3. The maximum absolute atomic E-state index is 12.9. The van der Waals surface area contributed by atoms with Crippen molar-refractivity contribution in [2.45, 2.75) is 6.18 Å². The largest absolute Gasteiger partial charge is 0.433 e. The Morgan fingerprint density at radius 2 is 2.00 bits per heavy atom. The lowest BCUT2D eigenvalue weighted by atomic mass is 10.2. The number of carbonyl (C=O) groups excluding carboxylic acids is 1. The van der Waals surface area contributed by atoms with Crippen LogP contribution in [0.15, 0.2) is 42.6 Å². The molecule has 0 fully saturated rings. The number of carbonyl (C=O) groups is 1. The fourth-order valence-corrected chi connectivity index (χ4v) is 1.82. The number of aromatic nitrogens is 1. The van der Waals surface area contributed by atoms with Crippen molar-refractivity contribution in [2.75, 3.05) is 18.4 Å². The molecule has 1 aromatic heterocycles. The van der Waals surface area contributed by atoms with Crippen molar-refractivity contribution in [3.05, 3.63) is 59.7 Å². The van der Waals surface area contributed by atoms with Gasteiger partial charge in [0.1, 0.15) is 11.5 Å². The molecule has 2 N–H and O–H groups in total. The van der Waals surface area contributed by atoms with Crippen molar-refractivity contribution in [2.24, 2.45) is 0 Å². The zero-order valence-corrected chi connectivity index (χ0v) is 12.8. The number of anilines is 1. The lowest BCUT2D eigenvalue weighted by Gasteiger charge is -2.09. The Hall–Kier alpha value is -2.92. The second kappa shape index (κ2) is 8.26. The molecule has 2 rings (SSSR count). The molecule has 1 amide bonds. The highest BCUT2D eigenvalue weighted by Gasteiger charge is 2.32. The van der Waals surface area contributed by atoms with Crippen LogP contribution >= 0.6 is 0 Å². The molecule has 0 aliphatic heterocycles. The lowest BCUT2D eigenvalue weighted by Crippen LogP contribution is -2.28. The van der Waals surface area contributed by atoms with Gasteiger partial charge in [-0.3, -0.25) is 15.1 Å². The summed E-state index contributed by atoms with van der Waals surface area (Å²) in [6.07, 6.45) is -3.61. The van der Waals surface area contributed by atoms with Crippen LogP contribution in [-0.2, 0) is 11.0 Å². The molecule has 2 aromatic rings. The number of pyridine rings is 1. The number of rotatable bonds is 4. The number of amides is 1. The predicted octanol–water partition coefficient (Wildman–Crippen LogP) is 2.82. The van der Waals surface area contributed by atoms with Crippen molar-refractivity contribution in [3.8, 4) is 11.8 Å². The van der Waals surface area contributed by atoms with Crippen LogP contribution in [0, 0.1) is 17.7 Å². The van der Waals surface area contributed by atoms with Crippen molar-refractivity contribution < 1.29 is 22.4 Å². The third-order valence-corrected chi connectivity index (χ3v) is 2.89. The average molecular weight is 351 g/mol. The van der Waals surface area contributed by atoms with Crippen molar-refractivity contribution >= 4 is 11.6 Å². The van der Waals surface area contributed by atoms with E-state index in [1.807, 2.05) is 0 Å². The van der Waals surface area contributed by atoms with Gasteiger partial charge in [0.25, 0.3) is 0 Å². The van der Waals surface area contributed by atoms with E-state index in [-0.39, 0.29) is 18.8 Å². The van der Waals surface area contributed by atoms with E-state index in [0.29, 0.717) is 5.56 Å². The fourth-order valence-electron chi connectivity index (χ4n) is 1.82. The predicted molar refractivity (Wildman–Crippen MR) is 84.0 cm³/mol. The molecule has 25 heavy (non-hydrogen) atoms. The Morgan fingerprint density at radius 3 is 2.72 bits per heavy atom. The van der Waals surface area contributed by atoms with Crippen molar-refractivity contribution in [1.29, 1.82) is 0 Å². The number of hydrogen-bond donors (Lipinski definition) is 2. The van der Waals surface area contributed by atoms with Crippen LogP contribution in [0.3, 0.4) is 0 Å². The summed E-state index contributed by atoms with van der Waals surface area (Å²) >= 11 is 0. The van der Waals surface area contributed by atoms with Gasteiger partial charge in [0.2, 0.25) is 5.91 Å². The highest BCUT2D eigenvalue weighted by atomic mass is 19.4. The number of hydrogen-bond acceptors (Lipinski definition) is 3. The van der Waals surface area contributed by atoms with E-state index in [4.69, 9.17) is 0 Å². The van der Waals surface area contributed by atoms with Crippen LogP contribution < -0.4 is 10.6 Å². The van der Waals surface area contributed by atoms with Gasteiger partial charge in [0.05, 0.1) is 13.1 Å². The van der Waals surface area contributed by atoms with Crippen molar-refractivity contribution in [3.63, 3.8) is 0 Å². The summed E-state index contributed by atoms with van der Waals surface area (Å²) in [4.78, 5) is 14.9. The molecule has 4 nitrogen and oxygen atoms in total. The van der Waals surface area contributed by atoms with Gasteiger partial charge < -0.3 is 5.32 Å². The summed E-state index contributed by atoms with van der Waals surface area (Å²) in [6, 6.07) is 7.77. The number of halogens is 4. The molecule has 0 saturated heterocycles. The molecule has 0 unspecified atom stereocenters. The fraction of sp³-hybridized carbons (Fsp3) is 0.176. The van der Waals surface area contributed by atoms with Crippen LogP contribution in [0.25, 0.3) is 0 Å². The first-order valence-electron chi connectivity index (χ1n) is 7.13. The van der Waals surface area contributed by atoms with Crippen LogP contribution in [0.4, 0.5) is 23.2 Å². The minimum Gasteiger partial charge on any atom is -0.325 e. The SMILES string of the molecule is O=C(CNCC#Cc1cccc(F)c1)Nc1ccnc(C(F)(F)F)c1. The number of benzene rings is 1. The Balaban J connectivity index is 1.80. The summed E-state index contributed by atoms with van der Waals surface area (Å²) in [7, 11) is 0. The molecule has 0 spiro atoms. The zero-order valence-electron chi connectivity index (χ0n) is 12.8. The molecule has 0 saturated carbocycles. The van der Waals surface area contributed by atoms with E-state index in [1.54, 1.807) is 6.07 Å². The Bertz CT molecular complexity index is 809. The molecule has 0 aliphatic rings. The highest BCUT2D eigenvalue weighted by molar-refractivity contribution is 5.92. The average Bonchev–Trinajstić information content (AvgIpc) is 2.54. The minimum atomic E-state index is -4.58.